The number of aldehydes is 1. The van der Waals surface area contributed by atoms with Crippen molar-refractivity contribution in [3.63, 3.8) is 0 Å². The third kappa shape index (κ3) is 5.76. The smallest absolute Gasteiger partial charge is 0.243 e. The summed E-state index contributed by atoms with van der Waals surface area (Å²) in [6, 6.07) is 8.54. The van der Waals surface area contributed by atoms with Crippen LogP contribution in [0.4, 0.5) is 5.95 Å². The fourth-order valence-corrected chi connectivity index (χ4v) is 4.92. The largest absolute Gasteiger partial charge is 0.494 e. The Morgan fingerprint density at radius 3 is 2.28 bits per heavy atom. The van der Waals surface area contributed by atoms with Gasteiger partial charge in [-0.2, -0.15) is 0 Å². The number of aryl methyl sites for hydroxylation is 2. The van der Waals surface area contributed by atoms with Gasteiger partial charge >= 0.3 is 0 Å². The number of ether oxygens (including phenoxy) is 3. The molecule has 0 amide bonds. The van der Waals surface area contributed by atoms with Crippen molar-refractivity contribution in [2.45, 2.75) is 32.1 Å². The Labute approximate surface area is 225 Å². The molecule has 0 aliphatic carbocycles. The van der Waals surface area contributed by atoms with E-state index in [1.165, 1.54) is 38.1 Å². The van der Waals surface area contributed by atoms with Gasteiger partial charge in [0.1, 0.15) is 47.2 Å². The van der Waals surface area contributed by atoms with Crippen LogP contribution < -0.4 is 14.2 Å². The average molecular weight is 557 g/mol. The van der Waals surface area contributed by atoms with Crippen molar-refractivity contribution in [1.82, 2.24) is 24.7 Å². The Bertz CT molecular complexity index is 1530. The van der Waals surface area contributed by atoms with Crippen LogP contribution in [0.3, 0.4) is 0 Å². The Morgan fingerprint density at radius 2 is 1.72 bits per heavy atom. The number of para-hydroxylation sites is 1. The van der Waals surface area contributed by atoms with Gasteiger partial charge < -0.3 is 23.4 Å². The lowest BCUT2D eigenvalue weighted by Gasteiger charge is -2.23. The predicted octanol–water partition coefficient (Wildman–Crippen LogP) is 3.04. The van der Waals surface area contributed by atoms with Crippen LogP contribution in [0.5, 0.6) is 11.5 Å². The zero-order valence-corrected chi connectivity index (χ0v) is 22.8. The SMILES string of the molecule is COc1cccc(OC)c1-n1c(NS(=O)(=O)[C@@H](C)[C@@H](OCC=O)c2ncc(C)cn2)nnc1-c1ccc(C)o1. The molecule has 4 rings (SSSR count). The standard InChI is InChI=1S/C25H28N6O7S/c1-15-13-26-23(27-14-15)22(37-12-11-32)17(3)39(33,34)30-25-29-28-24(20-10-9-16(2)38-20)31(25)21-18(35-4)7-6-8-19(21)36-5/h6-11,13-14,17,22H,12H2,1-5H3,(H,29,30)/t17-,22+/m0/s1. The van der Waals surface area contributed by atoms with E-state index in [1.54, 1.807) is 44.2 Å². The molecule has 0 fully saturated rings. The van der Waals surface area contributed by atoms with Crippen LogP contribution >= 0.6 is 0 Å². The van der Waals surface area contributed by atoms with Crippen molar-refractivity contribution < 1.29 is 31.8 Å². The number of nitrogens with one attached hydrogen (secondary N) is 1. The first-order valence-corrected chi connectivity index (χ1v) is 13.3. The summed E-state index contributed by atoms with van der Waals surface area (Å²) < 4.78 is 53.8. The van der Waals surface area contributed by atoms with E-state index >= 15 is 0 Å². The topological polar surface area (TPSA) is 161 Å². The molecule has 3 heterocycles. The molecule has 1 aromatic carbocycles. The van der Waals surface area contributed by atoms with Crippen LogP contribution in [0.25, 0.3) is 17.3 Å². The van der Waals surface area contributed by atoms with Gasteiger partial charge in [0.25, 0.3) is 0 Å². The van der Waals surface area contributed by atoms with Crippen LogP contribution in [0.15, 0.2) is 47.1 Å². The number of furan rings is 1. The number of rotatable bonds is 12. The number of methoxy groups -OCH3 is 2. The Morgan fingerprint density at radius 1 is 1.05 bits per heavy atom. The highest BCUT2D eigenvalue weighted by atomic mass is 32.2. The van der Waals surface area contributed by atoms with Crippen LogP contribution in [0.2, 0.25) is 0 Å². The Kier molecular flexibility index (Phi) is 8.26. The van der Waals surface area contributed by atoms with Crippen molar-refractivity contribution in [2.75, 3.05) is 25.5 Å². The molecule has 0 unspecified atom stereocenters. The highest BCUT2D eigenvalue weighted by Gasteiger charge is 2.36. The second-order valence-electron chi connectivity index (χ2n) is 8.50. The normalized spacial score (nSPS) is 13.1. The van der Waals surface area contributed by atoms with Crippen molar-refractivity contribution in [3.05, 3.63) is 59.9 Å². The summed E-state index contributed by atoms with van der Waals surface area (Å²) in [6.07, 6.45) is 2.44. The fourth-order valence-electron chi connectivity index (χ4n) is 3.82. The maximum atomic E-state index is 13.7. The van der Waals surface area contributed by atoms with E-state index in [0.29, 0.717) is 35.0 Å². The molecule has 3 aromatic heterocycles. The Hall–Kier alpha value is -4.30. The third-order valence-electron chi connectivity index (χ3n) is 5.80. The molecule has 206 valence electrons. The molecule has 13 nitrogen and oxygen atoms in total. The number of hydrogen-bond acceptors (Lipinski definition) is 11. The van der Waals surface area contributed by atoms with Crippen LogP contribution in [0.1, 0.15) is 30.2 Å². The fraction of sp³-hybridized carbons (Fsp3) is 0.320. The van der Waals surface area contributed by atoms with Crippen LogP contribution in [-0.2, 0) is 19.6 Å². The quantitative estimate of drug-likeness (QED) is 0.255. The summed E-state index contributed by atoms with van der Waals surface area (Å²) >= 11 is 0. The summed E-state index contributed by atoms with van der Waals surface area (Å²) in [5.74, 6) is 1.85. The van der Waals surface area contributed by atoms with Gasteiger partial charge in [-0.3, -0.25) is 9.29 Å². The third-order valence-corrected chi connectivity index (χ3v) is 7.49. The molecule has 2 atom stereocenters. The summed E-state index contributed by atoms with van der Waals surface area (Å²) in [4.78, 5) is 19.4. The molecule has 0 aliphatic heterocycles. The van der Waals surface area contributed by atoms with Crippen LogP contribution in [-0.4, -0.2) is 65.5 Å². The first-order chi connectivity index (χ1) is 18.7. The molecule has 14 heteroatoms. The van der Waals surface area contributed by atoms with Crippen molar-refractivity contribution >= 4 is 22.3 Å². The maximum Gasteiger partial charge on any atom is 0.243 e. The molecular weight excluding hydrogens is 528 g/mol. The highest BCUT2D eigenvalue weighted by Crippen LogP contribution is 2.38. The lowest BCUT2D eigenvalue weighted by molar-refractivity contribution is -0.114. The summed E-state index contributed by atoms with van der Waals surface area (Å²) in [6.45, 7) is 4.64. The second kappa shape index (κ2) is 11.6. The average Bonchev–Trinajstić information content (AvgIpc) is 3.54. The van der Waals surface area contributed by atoms with Gasteiger partial charge in [0.05, 0.1) is 14.2 Å². The highest BCUT2D eigenvalue weighted by molar-refractivity contribution is 7.93. The maximum absolute atomic E-state index is 13.7. The van der Waals surface area contributed by atoms with Gasteiger partial charge in [0, 0.05) is 12.4 Å². The first-order valence-electron chi connectivity index (χ1n) is 11.8. The second-order valence-corrected chi connectivity index (χ2v) is 10.5. The van der Waals surface area contributed by atoms with E-state index in [4.69, 9.17) is 18.6 Å². The zero-order chi connectivity index (χ0) is 28.2. The number of carbonyl (C=O) groups is 1. The zero-order valence-electron chi connectivity index (χ0n) is 22.0. The molecule has 1 N–H and O–H groups in total. The van der Waals surface area contributed by atoms with E-state index in [-0.39, 0.29) is 24.2 Å². The monoisotopic (exact) mass is 556 g/mol. The predicted molar refractivity (Wildman–Crippen MR) is 140 cm³/mol. The summed E-state index contributed by atoms with van der Waals surface area (Å²) in [5, 5.41) is 7.09. The summed E-state index contributed by atoms with van der Waals surface area (Å²) in [5.41, 5.74) is 1.12. The van der Waals surface area contributed by atoms with Gasteiger partial charge in [0.15, 0.2) is 11.6 Å². The molecule has 0 saturated carbocycles. The molecule has 0 spiro atoms. The minimum Gasteiger partial charge on any atom is -0.494 e. The molecular formula is C25H28N6O7S. The van der Waals surface area contributed by atoms with Gasteiger partial charge in [-0.05, 0) is 50.6 Å². The number of nitrogens with zero attached hydrogens (tertiary/aromatic N) is 5. The van der Waals surface area contributed by atoms with E-state index in [1.807, 2.05) is 0 Å². The first kappa shape index (κ1) is 27.7. The van der Waals surface area contributed by atoms with Gasteiger partial charge in [-0.25, -0.2) is 18.4 Å². The number of benzene rings is 1. The molecule has 0 aliphatic rings. The molecule has 4 aromatic rings. The Balaban J connectivity index is 1.82. The minimum absolute atomic E-state index is 0.111. The van der Waals surface area contributed by atoms with Gasteiger partial charge in [-0.1, -0.05) is 6.07 Å². The lowest BCUT2D eigenvalue weighted by atomic mass is 10.2. The number of anilines is 1. The lowest BCUT2D eigenvalue weighted by Crippen LogP contribution is -2.34. The number of hydrogen-bond donors (Lipinski definition) is 1. The minimum atomic E-state index is -4.24. The van der Waals surface area contributed by atoms with E-state index in [2.05, 4.69) is 24.9 Å². The van der Waals surface area contributed by atoms with Crippen molar-refractivity contribution in [2.24, 2.45) is 0 Å². The van der Waals surface area contributed by atoms with Crippen molar-refractivity contribution in [3.8, 4) is 28.8 Å². The number of carbonyl (C=O) groups excluding carboxylic acids is 1. The summed E-state index contributed by atoms with van der Waals surface area (Å²) in [7, 11) is -1.29. The van der Waals surface area contributed by atoms with Crippen LogP contribution in [0, 0.1) is 13.8 Å². The molecule has 0 saturated heterocycles. The number of sulfonamides is 1. The van der Waals surface area contributed by atoms with E-state index in [9.17, 15) is 13.2 Å². The van der Waals surface area contributed by atoms with Gasteiger partial charge in [0.2, 0.25) is 21.8 Å². The molecule has 0 radical (unpaired) electrons. The van der Waals surface area contributed by atoms with Crippen molar-refractivity contribution in [1.29, 1.82) is 0 Å². The molecule has 39 heavy (non-hydrogen) atoms. The van der Waals surface area contributed by atoms with Gasteiger partial charge in [-0.15, -0.1) is 10.2 Å². The molecule has 0 bridgehead atoms. The van der Waals surface area contributed by atoms with E-state index in [0.717, 1.165) is 5.56 Å². The van der Waals surface area contributed by atoms with E-state index < -0.39 is 21.4 Å². The number of aromatic nitrogens is 5.